The number of aromatic amines is 1. The van der Waals surface area contributed by atoms with Gasteiger partial charge in [-0.3, -0.25) is 19.8 Å². The number of nitrogens with one attached hydrogen (secondary N) is 2. The van der Waals surface area contributed by atoms with Crippen LogP contribution in [0.4, 0.5) is 10.7 Å². The number of H-pyrrole nitrogens is 1. The molecule has 11 nitrogen and oxygen atoms in total. The first kappa shape index (κ1) is 23.4. The van der Waals surface area contributed by atoms with Crippen molar-refractivity contribution in [3.8, 4) is 5.75 Å². The molecule has 0 aliphatic rings. The van der Waals surface area contributed by atoms with E-state index in [2.05, 4.69) is 25.1 Å². The zero-order valence-corrected chi connectivity index (χ0v) is 18.2. The van der Waals surface area contributed by atoms with Crippen LogP contribution in [0, 0.1) is 6.92 Å². The summed E-state index contributed by atoms with van der Waals surface area (Å²) in [6, 6.07) is 4.85. The summed E-state index contributed by atoms with van der Waals surface area (Å²) in [5.74, 6) is -0.0823. The van der Waals surface area contributed by atoms with Crippen molar-refractivity contribution < 1.29 is 23.8 Å². The van der Waals surface area contributed by atoms with E-state index in [0.29, 0.717) is 28.1 Å². The van der Waals surface area contributed by atoms with Gasteiger partial charge in [-0.1, -0.05) is 19.9 Å². The molecule has 3 rings (SSSR count). The van der Waals surface area contributed by atoms with Crippen molar-refractivity contribution >= 4 is 29.0 Å². The Balaban J connectivity index is 0.00000166. The van der Waals surface area contributed by atoms with Gasteiger partial charge < -0.3 is 14.2 Å². The highest BCUT2D eigenvalue weighted by Gasteiger charge is 2.18. The average Bonchev–Trinajstić information content (AvgIpc) is 3.10. The minimum atomic E-state index is -0.757. The van der Waals surface area contributed by atoms with E-state index >= 15 is 0 Å². The van der Waals surface area contributed by atoms with Crippen LogP contribution in [0.1, 0.15) is 35.5 Å². The van der Waals surface area contributed by atoms with Crippen LogP contribution in [0.25, 0.3) is 11.0 Å². The molecule has 11 heteroatoms. The summed E-state index contributed by atoms with van der Waals surface area (Å²) in [5.41, 5.74) is 1.63. The second-order valence-corrected chi connectivity index (χ2v) is 5.99. The van der Waals surface area contributed by atoms with Crippen LogP contribution in [0.2, 0.25) is 0 Å². The molecule has 0 bridgehead atoms. The minimum absolute atomic E-state index is 0.0444. The number of fused-ring (bicyclic) bond motifs is 1. The van der Waals surface area contributed by atoms with Crippen molar-refractivity contribution in [3.63, 3.8) is 0 Å². The summed E-state index contributed by atoms with van der Waals surface area (Å²) in [6.07, 6.45) is -0.757. The lowest BCUT2D eigenvalue weighted by molar-refractivity contribution is 0.0600. The Morgan fingerprint density at radius 3 is 2.48 bits per heavy atom. The first-order chi connectivity index (χ1) is 14.9. The van der Waals surface area contributed by atoms with Gasteiger partial charge in [0.2, 0.25) is 5.95 Å². The molecular formula is C20H25N5O6. The van der Waals surface area contributed by atoms with Crippen molar-refractivity contribution in [2.75, 3.05) is 26.6 Å². The van der Waals surface area contributed by atoms with Gasteiger partial charge in [0.25, 0.3) is 5.56 Å². The van der Waals surface area contributed by atoms with Crippen molar-refractivity contribution in [2.24, 2.45) is 0 Å². The highest BCUT2D eigenvalue weighted by atomic mass is 16.5. The van der Waals surface area contributed by atoms with Crippen molar-refractivity contribution in [2.45, 2.75) is 27.3 Å². The topological polar surface area (TPSA) is 137 Å². The number of rotatable bonds is 5. The molecule has 1 amide bonds. The number of carbonyl (C=O) groups excluding carboxylic acids is 2. The number of hydrogen-bond donors (Lipinski definition) is 2. The van der Waals surface area contributed by atoms with E-state index in [-0.39, 0.29) is 18.0 Å². The monoisotopic (exact) mass is 431 g/mol. The maximum absolute atomic E-state index is 12.6. The Morgan fingerprint density at radius 2 is 1.87 bits per heavy atom. The molecule has 0 aliphatic heterocycles. The molecule has 0 radical (unpaired) electrons. The molecule has 31 heavy (non-hydrogen) atoms. The maximum Gasteiger partial charge on any atom is 0.413 e. The number of methoxy groups -OCH3 is 3. The molecule has 0 atom stereocenters. The van der Waals surface area contributed by atoms with Crippen LogP contribution in [0.5, 0.6) is 5.75 Å². The van der Waals surface area contributed by atoms with E-state index in [9.17, 15) is 14.4 Å². The van der Waals surface area contributed by atoms with Gasteiger partial charge in [-0.2, -0.15) is 5.10 Å². The van der Waals surface area contributed by atoms with E-state index in [0.717, 1.165) is 0 Å². The number of nitrogens with zero attached hydrogens (tertiary/aromatic N) is 3. The van der Waals surface area contributed by atoms with Crippen LogP contribution < -0.4 is 15.6 Å². The van der Waals surface area contributed by atoms with Crippen molar-refractivity contribution in [1.29, 1.82) is 0 Å². The van der Waals surface area contributed by atoms with Gasteiger partial charge in [0.15, 0.2) is 5.52 Å². The molecule has 2 heterocycles. The lowest BCUT2D eigenvalue weighted by atomic mass is 10.1. The largest absolute Gasteiger partial charge is 0.496 e. The molecule has 0 unspecified atom stereocenters. The van der Waals surface area contributed by atoms with E-state index in [1.165, 1.54) is 26.0 Å². The molecule has 3 aromatic rings. The molecule has 0 saturated carbocycles. The van der Waals surface area contributed by atoms with E-state index in [4.69, 9.17) is 9.47 Å². The number of carbonyl (C=O) groups is 2. The van der Waals surface area contributed by atoms with Crippen molar-refractivity contribution in [1.82, 2.24) is 19.7 Å². The molecule has 1 aromatic carbocycles. The Labute approximate surface area is 178 Å². The molecule has 2 aromatic heterocycles. The van der Waals surface area contributed by atoms with Crippen LogP contribution in [-0.4, -0.2) is 53.1 Å². The van der Waals surface area contributed by atoms with Crippen LogP contribution in [0.15, 0.2) is 23.0 Å². The number of amides is 1. The zero-order chi connectivity index (χ0) is 23.1. The molecule has 0 aliphatic carbocycles. The van der Waals surface area contributed by atoms with Gasteiger partial charge >= 0.3 is 12.1 Å². The van der Waals surface area contributed by atoms with Crippen LogP contribution >= 0.6 is 0 Å². The fourth-order valence-corrected chi connectivity index (χ4v) is 2.84. The predicted molar refractivity (Wildman–Crippen MR) is 114 cm³/mol. The Morgan fingerprint density at radius 1 is 1.16 bits per heavy atom. The minimum Gasteiger partial charge on any atom is -0.496 e. The number of aromatic nitrogens is 4. The second-order valence-electron chi connectivity index (χ2n) is 5.99. The highest BCUT2D eigenvalue weighted by Crippen LogP contribution is 2.23. The van der Waals surface area contributed by atoms with Gasteiger partial charge in [0.05, 0.1) is 39.1 Å². The summed E-state index contributed by atoms with van der Waals surface area (Å²) < 4.78 is 16.1. The maximum atomic E-state index is 12.6. The van der Waals surface area contributed by atoms with E-state index in [1.807, 2.05) is 13.8 Å². The number of anilines is 1. The highest BCUT2D eigenvalue weighted by molar-refractivity contribution is 5.90. The first-order valence-electron chi connectivity index (χ1n) is 9.45. The van der Waals surface area contributed by atoms with Gasteiger partial charge in [-0.05, 0) is 19.1 Å². The molecule has 2 N–H and O–H groups in total. The van der Waals surface area contributed by atoms with Crippen molar-refractivity contribution in [3.05, 3.63) is 45.4 Å². The van der Waals surface area contributed by atoms with Gasteiger partial charge in [0.1, 0.15) is 11.3 Å². The normalized spacial score (nSPS) is 10.1. The Bertz CT molecular complexity index is 1150. The summed E-state index contributed by atoms with van der Waals surface area (Å²) >= 11 is 0. The van der Waals surface area contributed by atoms with Gasteiger partial charge in [-0.25, -0.2) is 14.6 Å². The third-order valence-corrected chi connectivity index (χ3v) is 4.20. The van der Waals surface area contributed by atoms with Gasteiger partial charge in [0, 0.05) is 5.56 Å². The molecular weight excluding hydrogens is 406 g/mol. The second kappa shape index (κ2) is 10.2. The lowest BCUT2D eigenvalue weighted by Gasteiger charge is -2.11. The first-order valence-corrected chi connectivity index (χ1v) is 9.45. The fraction of sp³-hybridized carbons (Fsp3) is 0.350. The van der Waals surface area contributed by atoms with Gasteiger partial charge in [-0.15, -0.1) is 0 Å². The molecule has 0 fully saturated rings. The standard InChI is InChI=1S/C18H19N5O6.C2H6/c1-9-13-14(15(24)20-17(19-13)21-18(26)29-4)23(22-9)8-11-6-5-10(16(25)28-3)7-12(11)27-2;1-2/h5-7H,8H2,1-4H3,(H2,19,20,21,24,26);1-2H3. The number of ether oxygens (including phenoxy) is 3. The summed E-state index contributed by atoms with van der Waals surface area (Å²) in [6.45, 7) is 5.90. The smallest absolute Gasteiger partial charge is 0.413 e. The zero-order valence-electron chi connectivity index (χ0n) is 18.2. The number of benzene rings is 1. The summed E-state index contributed by atoms with van der Waals surface area (Å²) in [4.78, 5) is 42.4. The third kappa shape index (κ3) is 5.00. The van der Waals surface area contributed by atoms with Crippen LogP contribution in [0.3, 0.4) is 0 Å². The Kier molecular flexibility index (Phi) is 7.72. The summed E-state index contributed by atoms with van der Waals surface area (Å²) in [7, 11) is 3.98. The molecule has 0 spiro atoms. The third-order valence-electron chi connectivity index (χ3n) is 4.20. The lowest BCUT2D eigenvalue weighted by Crippen LogP contribution is -2.19. The van der Waals surface area contributed by atoms with Crippen LogP contribution in [-0.2, 0) is 16.0 Å². The summed E-state index contributed by atoms with van der Waals surface area (Å²) in [5, 5.41) is 6.70. The average molecular weight is 431 g/mol. The molecule has 0 saturated heterocycles. The van der Waals surface area contributed by atoms with E-state index < -0.39 is 17.6 Å². The number of hydrogen-bond acceptors (Lipinski definition) is 8. The SMILES string of the molecule is CC.COC(=O)Nc1nc2c(C)nn(Cc3ccc(C(=O)OC)cc3OC)c2c(=O)[nH]1. The fourth-order valence-electron chi connectivity index (χ4n) is 2.84. The number of aryl methyl sites for hydroxylation is 1. The van der Waals surface area contributed by atoms with E-state index in [1.54, 1.807) is 25.1 Å². The Hall–Kier alpha value is -3.89. The number of esters is 1. The molecule has 166 valence electrons. The predicted octanol–water partition coefficient (Wildman–Crippen LogP) is 2.48. The quantitative estimate of drug-likeness (QED) is 0.588.